The Balaban J connectivity index is 1.78. The third kappa shape index (κ3) is 4.08. The number of nitrogens with one attached hydrogen (secondary N) is 1. The van der Waals surface area contributed by atoms with Gasteiger partial charge in [0.05, 0.1) is 12.4 Å². The number of hydrogen-bond donors (Lipinski definition) is 1. The number of benzene rings is 1. The summed E-state index contributed by atoms with van der Waals surface area (Å²) in [5, 5.41) is 7.06. The Labute approximate surface area is 148 Å². The van der Waals surface area contributed by atoms with Gasteiger partial charge in [0.15, 0.2) is 5.82 Å². The molecule has 3 rings (SSSR count). The molecule has 1 aromatic carbocycles. The quantitative estimate of drug-likeness (QED) is 0.841. The molecule has 0 aliphatic carbocycles. The van der Waals surface area contributed by atoms with Gasteiger partial charge in [0.1, 0.15) is 5.82 Å². The predicted octanol–water partition coefficient (Wildman–Crippen LogP) is 1.61. The van der Waals surface area contributed by atoms with Crippen LogP contribution in [0.4, 0.5) is 0 Å². The lowest BCUT2D eigenvalue weighted by Gasteiger charge is -2.16. The molecule has 8 heteroatoms. The van der Waals surface area contributed by atoms with Crippen LogP contribution in [0.1, 0.15) is 28.7 Å². The molecule has 0 saturated carbocycles. The van der Waals surface area contributed by atoms with E-state index in [1.807, 2.05) is 38.1 Å². The topological polar surface area (TPSA) is 88.2 Å². The maximum Gasteiger partial charge on any atom is 0.218 e. The molecule has 0 bridgehead atoms. The molecule has 0 amide bonds. The Bertz CT molecular complexity index is 817. The van der Waals surface area contributed by atoms with Gasteiger partial charge in [0.2, 0.25) is 10.0 Å². The van der Waals surface area contributed by atoms with E-state index in [-0.39, 0.29) is 17.6 Å². The van der Waals surface area contributed by atoms with Gasteiger partial charge in [-0.3, -0.25) is 5.10 Å². The molecule has 0 radical (unpaired) electrons. The summed E-state index contributed by atoms with van der Waals surface area (Å²) in [6, 6.07) is 7.60. The van der Waals surface area contributed by atoms with Crippen molar-refractivity contribution in [3.8, 4) is 0 Å². The largest absolute Gasteiger partial charge is 0.384 e. The lowest BCUT2D eigenvalue weighted by molar-refractivity contribution is 0.150. The van der Waals surface area contributed by atoms with Crippen molar-refractivity contribution in [2.24, 2.45) is 5.92 Å². The van der Waals surface area contributed by atoms with Gasteiger partial charge in [-0.25, -0.2) is 17.7 Å². The molecule has 7 nitrogen and oxygen atoms in total. The number of aromatic amines is 1. The summed E-state index contributed by atoms with van der Waals surface area (Å²) in [5.41, 5.74) is 1.91. The zero-order valence-corrected chi connectivity index (χ0v) is 15.6. The Hall–Kier alpha value is -1.77. The molecular formula is C17H24N4O3S. The molecule has 2 atom stereocenters. The van der Waals surface area contributed by atoms with Crippen LogP contribution in [0.3, 0.4) is 0 Å². The third-order valence-electron chi connectivity index (χ3n) is 4.60. The number of hydrogen-bond acceptors (Lipinski definition) is 5. The highest BCUT2D eigenvalue weighted by Gasteiger charge is 2.41. The van der Waals surface area contributed by atoms with Crippen molar-refractivity contribution < 1.29 is 13.2 Å². The van der Waals surface area contributed by atoms with Crippen molar-refractivity contribution in [2.75, 3.05) is 26.8 Å². The van der Waals surface area contributed by atoms with Crippen LogP contribution in [-0.4, -0.2) is 54.7 Å². The second kappa shape index (κ2) is 7.23. The lowest BCUT2D eigenvalue weighted by atomic mass is 9.96. The highest BCUT2D eigenvalue weighted by molar-refractivity contribution is 7.88. The molecule has 25 heavy (non-hydrogen) atoms. The van der Waals surface area contributed by atoms with E-state index in [2.05, 4.69) is 15.2 Å². The van der Waals surface area contributed by atoms with Crippen LogP contribution < -0.4 is 0 Å². The first kappa shape index (κ1) is 18.0. The molecule has 1 saturated heterocycles. The van der Waals surface area contributed by atoms with E-state index >= 15 is 0 Å². The van der Waals surface area contributed by atoms with Gasteiger partial charge in [-0.05, 0) is 19.4 Å². The van der Waals surface area contributed by atoms with Crippen molar-refractivity contribution in [3.63, 3.8) is 0 Å². The number of methoxy groups -OCH3 is 1. The number of sulfonamides is 1. The monoisotopic (exact) mass is 364 g/mol. The summed E-state index contributed by atoms with van der Waals surface area (Å²) in [7, 11) is -1.77. The van der Waals surface area contributed by atoms with E-state index in [1.165, 1.54) is 0 Å². The van der Waals surface area contributed by atoms with E-state index in [1.54, 1.807) is 11.4 Å². The smallest absolute Gasteiger partial charge is 0.218 e. The van der Waals surface area contributed by atoms with Crippen LogP contribution in [0.5, 0.6) is 0 Å². The molecule has 0 unspecified atom stereocenters. The first-order chi connectivity index (χ1) is 11.9. The highest BCUT2D eigenvalue weighted by atomic mass is 32.2. The van der Waals surface area contributed by atoms with E-state index in [9.17, 15) is 8.42 Å². The predicted molar refractivity (Wildman–Crippen MR) is 94.6 cm³/mol. The normalized spacial score (nSPS) is 21.7. The van der Waals surface area contributed by atoms with Crippen LogP contribution in [0.2, 0.25) is 0 Å². The molecule has 2 aromatic rings. The summed E-state index contributed by atoms with van der Waals surface area (Å²) in [5.74, 6) is 1.39. The molecular weight excluding hydrogens is 340 g/mol. The number of nitrogens with zero attached hydrogens (tertiary/aromatic N) is 3. The first-order valence-electron chi connectivity index (χ1n) is 8.30. The molecule has 1 aliphatic rings. The van der Waals surface area contributed by atoms with Gasteiger partial charge in [0.25, 0.3) is 0 Å². The SMILES string of the molecule is COC[C@@H]1CN(S(=O)(=O)Cc2ccc(C)cc2)C[C@H]1c1n[nH]c(C)n1. The van der Waals surface area contributed by atoms with Crippen molar-refractivity contribution >= 4 is 10.0 Å². The summed E-state index contributed by atoms with van der Waals surface area (Å²) in [6.07, 6.45) is 0. The maximum absolute atomic E-state index is 12.9. The fourth-order valence-corrected chi connectivity index (χ4v) is 4.85. The number of aromatic nitrogens is 3. The maximum atomic E-state index is 12.9. The van der Waals surface area contributed by atoms with Gasteiger partial charge in [-0.2, -0.15) is 5.10 Å². The average molecular weight is 364 g/mol. The van der Waals surface area contributed by atoms with Crippen LogP contribution in [0.15, 0.2) is 24.3 Å². The minimum Gasteiger partial charge on any atom is -0.384 e. The van der Waals surface area contributed by atoms with Gasteiger partial charge < -0.3 is 4.74 Å². The Morgan fingerprint density at radius 1 is 1.24 bits per heavy atom. The molecule has 1 aliphatic heterocycles. The highest BCUT2D eigenvalue weighted by Crippen LogP contribution is 2.33. The second-order valence-electron chi connectivity index (χ2n) is 6.66. The van der Waals surface area contributed by atoms with Crippen LogP contribution in [-0.2, 0) is 20.5 Å². The summed E-state index contributed by atoms with van der Waals surface area (Å²) in [6.45, 7) is 5.12. The Morgan fingerprint density at radius 2 is 1.96 bits per heavy atom. The minimum atomic E-state index is -3.40. The summed E-state index contributed by atoms with van der Waals surface area (Å²) >= 11 is 0. The van der Waals surface area contributed by atoms with Crippen molar-refractivity contribution in [2.45, 2.75) is 25.5 Å². The fraction of sp³-hybridized carbons (Fsp3) is 0.529. The third-order valence-corrected chi connectivity index (χ3v) is 6.38. The second-order valence-corrected chi connectivity index (χ2v) is 8.63. The van der Waals surface area contributed by atoms with Gasteiger partial charge >= 0.3 is 0 Å². The van der Waals surface area contributed by atoms with E-state index in [4.69, 9.17) is 4.74 Å². The standard InChI is InChI=1S/C17H24N4O3S/c1-12-4-6-14(7-5-12)11-25(22,23)21-8-15(10-24-3)16(9-21)17-18-13(2)19-20-17/h4-7,15-16H,8-11H2,1-3H3,(H,18,19,20)/t15-,16+/m0/s1. The van der Waals surface area contributed by atoms with Gasteiger partial charge in [0, 0.05) is 32.0 Å². The molecule has 1 aromatic heterocycles. The minimum absolute atomic E-state index is 0.00667. The number of rotatable bonds is 6. The summed E-state index contributed by atoms with van der Waals surface area (Å²) in [4.78, 5) is 4.39. The zero-order valence-electron chi connectivity index (χ0n) is 14.8. The molecule has 1 N–H and O–H groups in total. The Kier molecular flexibility index (Phi) is 5.21. The first-order valence-corrected chi connectivity index (χ1v) is 9.91. The Morgan fingerprint density at radius 3 is 2.56 bits per heavy atom. The number of H-pyrrole nitrogens is 1. The van der Waals surface area contributed by atoms with E-state index in [0.29, 0.717) is 25.5 Å². The van der Waals surface area contributed by atoms with Crippen LogP contribution in [0.25, 0.3) is 0 Å². The van der Waals surface area contributed by atoms with Crippen LogP contribution in [0, 0.1) is 19.8 Å². The number of ether oxygens (including phenoxy) is 1. The molecule has 1 fully saturated rings. The van der Waals surface area contributed by atoms with Crippen molar-refractivity contribution in [1.29, 1.82) is 0 Å². The van der Waals surface area contributed by atoms with Gasteiger partial charge in [-0.1, -0.05) is 29.8 Å². The van der Waals surface area contributed by atoms with Crippen molar-refractivity contribution in [3.05, 3.63) is 47.0 Å². The molecule has 2 heterocycles. The van der Waals surface area contributed by atoms with Crippen LogP contribution >= 0.6 is 0 Å². The van der Waals surface area contributed by atoms with E-state index in [0.717, 1.165) is 17.0 Å². The summed E-state index contributed by atoms with van der Waals surface area (Å²) < 4.78 is 32.5. The van der Waals surface area contributed by atoms with E-state index < -0.39 is 10.0 Å². The fourth-order valence-electron chi connectivity index (χ4n) is 3.25. The van der Waals surface area contributed by atoms with Crippen molar-refractivity contribution in [1.82, 2.24) is 19.5 Å². The lowest BCUT2D eigenvalue weighted by Crippen LogP contribution is -2.30. The van der Waals surface area contributed by atoms with Gasteiger partial charge in [-0.15, -0.1) is 0 Å². The molecule has 0 spiro atoms. The average Bonchev–Trinajstić information content (AvgIpc) is 3.16. The molecule has 136 valence electrons. The zero-order chi connectivity index (χ0) is 18.0. The number of aryl methyl sites for hydroxylation is 2.